The van der Waals surface area contributed by atoms with Crippen LogP contribution in [0, 0.1) is 10.1 Å². The van der Waals surface area contributed by atoms with E-state index in [1.165, 1.54) is 17.1 Å². The molecule has 10 heteroatoms. The van der Waals surface area contributed by atoms with Gasteiger partial charge in [-0.1, -0.05) is 23.2 Å². The Bertz CT molecular complexity index is 1300. The number of carbonyl (C=O) groups is 1. The molecule has 0 fully saturated rings. The van der Waals surface area contributed by atoms with E-state index in [1.807, 2.05) is 0 Å². The van der Waals surface area contributed by atoms with Gasteiger partial charge in [-0.25, -0.2) is 0 Å². The summed E-state index contributed by atoms with van der Waals surface area (Å²) in [5, 5.41) is 17.2. The van der Waals surface area contributed by atoms with E-state index in [-0.39, 0.29) is 11.6 Å². The minimum Gasteiger partial charge on any atom is -0.457 e. The van der Waals surface area contributed by atoms with E-state index in [4.69, 9.17) is 27.6 Å². The van der Waals surface area contributed by atoms with Crippen LogP contribution in [-0.2, 0) is 4.79 Å². The van der Waals surface area contributed by atoms with E-state index in [2.05, 4.69) is 21.0 Å². The number of furan rings is 1. The van der Waals surface area contributed by atoms with Crippen molar-refractivity contribution >= 4 is 68.2 Å². The number of nitrogens with zero attached hydrogens (tertiary/aromatic N) is 3. The summed E-state index contributed by atoms with van der Waals surface area (Å²) in [7, 11) is 0. The van der Waals surface area contributed by atoms with Crippen molar-refractivity contribution in [3.05, 3.63) is 84.5 Å². The third-order valence-corrected chi connectivity index (χ3v) is 5.95. The lowest BCUT2D eigenvalue weighted by molar-refractivity contribution is -0.384. The van der Waals surface area contributed by atoms with Gasteiger partial charge in [0.15, 0.2) is 0 Å². The van der Waals surface area contributed by atoms with E-state index in [0.717, 1.165) is 0 Å². The lowest BCUT2D eigenvalue weighted by Gasteiger charge is -2.12. The van der Waals surface area contributed by atoms with Crippen molar-refractivity contribution in [2.24, 2.45) is 5.10 Å². The maximum atomic E-state index is 12.9. The molecule has 0 saturated heterocycles. The minimum atomic E-state index is -0.472. The van der Waals surface area contributed by atoms with Crippen molar-refractivity contribution in [1.82, 2.24) is 0 Å². The summed E-state index contributed by atoms with van der Waals surface area (Å²) >= 11 is 15.3. The SMILES string of the molecule is CC1=NN(c2ccc(Cl)c(Cl)c2)C(=O)C1=Cc1ccc(-c2ccc([N+](=O)[O-])cc2Br)o1. The summed E-state index contributed by atoms with van der Waals surface area (Å²) < 4.78 is 6.37. The van der Waals surface area contributed by atoms with Gasteiger partial charge in [-0.15, -0.1) is 0 Å². The van der Waals surface area contributed by atoms with Gasteiger partial charge in [0.25, 0.3) is 11.6 Å². The molecule has 7 nitrogen and oxygen atoms in total. The largest absolute Gasteiger partial charge is 0.457 e. The molecular formula is C21H12BrCl2N3O4. The Balaban J connectivity index is 1.62. The lowest BCUT2D eigenvalue weighted by Crippen LogP contribution is -2.21. The number of hydrogen-bond donors (Lipinski definition) is 0. The summed E-state index contributed by atoms with van der Waals surface area (Å²) in [6.07, 6.45) is 1.60. The molecule has 2 aromatic carbocycles. The Kier molecular flexibility index (Phi) is 5.70. The van der Waals surface area contributed by atoms with E-state index in [0.29, 0.717) is 48.6 Å². The van der Waals surface area contributed by atoms with E-state index in [1.54, 1.807) is 49.4 Å². The second-order valence-electron chi connectivity index (χ2n) is 6.58. The smallest absolute Gasteiger partial charge is 0.280 e. The Morgan fingerprint density at radius 2 is 1.90 bits per heavy atom. The normalized spacial score (nSPS) is 15.0. The molecule has 0 N–H and O–H groups in total. The van der Waals surface area contributed by atoms with Crippen LogP contribution in [0.2, 0.25) is 10.0 Å². The molecule has 1 aliphatic heterocycles. The molecule has 1 amide bonds. The van der Waals surface area contributed by atoms with Crippen molar-refractivity contribution in [3.63, 3.8) is 0 Å². The minimum absolute atomic E-state index is 0.0321. The van der Waals surface area contributed by atoms with Crippen LogP contribution in [0.1, 0.15) is 12.7 Å². The Morgan fingerprint density at radius 1 is 1.13 bits per heavy atom. The molecule has 0 saturated carbocycles. The zero-order chi connectivity index (χ0) is 22.3. The van der Waals surface area contributed by atoms with E-state index >= 15 is 0 Å². The Morgan fingerprint density at radius 3 is 2.58 bits per heavy atom. The molecule has 2 heterocycles. The van der Waals surface area contributed by atoms with Gasteiger partial charge in [0.1, 0.15) is 11.5 Å². The van der Waals surface area contributed by atoms with Gasteiger partial charge in [-0.05, 0) is 65.3 Å². The van der Waals surface area contributed by atoms with Gasteiger partial charge in [0.05, 0.1) is 31.9 Å². The first kappa shape index (κ1) is 21.3. The van der Waals surface area contributed by atoms with Crippen LogP contribution in [0.4, 0.5) is 11.4 Å². The number of nitro groups is 1. The molecule has 3 aromatic rings. The van der Waals surface area contributed by atoms with Crippen LogP contribution in [0.5, 0.6) is 0 Å². The van der Waals surface area contributed by atoms with Crippen LogP contribution in [-0.4, -0.2) is 16.5 Å². The molecule has 0 unspecified atom stereocenters. The highest BCUT2D eigenvalue weighted by Crippen LogP contribution is 2.34. The van der Waals surface area contributed by atoms with Gasteiger partial charge in [0.2, 0.25) is 0 Å². The molecule has 31 heavy (non-hydrogen) atoms. The number of non-ortho nitro benzene ring substituents is 1. The second-order valence-corrected chi connectivity index (χ2v) is 8.25. The average Bonchev–Trinajstić information content (AvgIpc) is 3.30. The maximum Gasteiger partial charge on any atom is 0.280 e. The monoisotopic (exact) mass is 519 g/mol. The molecule has 1 aliphatic rings. The van der Waals surface area contributed by atoms with E-state index < -0.39 is 4.92 Å². The summed E-state index contributed by atoms with van der Waals surface area (Å²) in [4.78, 5) is 23.3. The van der Waals surface area contributed by atoms with Crippen LogP contribution in [0.3, 0.4) is 0 Å². The van der Waals surface area contributed by atoms with Crippen molar-refractivity contribution in [2.75, 3.05) is 5.01 Å². The zero-order valence-corrected chi connectivity index (χ0v) is 18.9. The standard InChI is InChI=1S/C21H12BrCl2N3O4/c1-11-16(21(28)26(25-11)12-3-6-18(23)19(24)9-12)10-14-4-7-20(31-14)15-5-2-13(27(29)30)8-17(15)22/h2-10H,1H3. The van der Waals surface area contributed by atoms with Gasteiger partial charge < -0.3 is 4.42 Å². The third kappa shape index (κ3) is 4.14. The third-order valence-electron chi connectivity index (χ3n) is 4.55. The molecule has 1 aromatic heterocycles. The summed E-state index contributed by atoms with van der Waals surface area (Å²) in [5.41, 5.74) is 2.00. The number of hydrogen-bond acceptors (Lipinski definition) is 5. The number of amides is 1. The summed E-state index contributed by atoms with van der Waals surface area (Å²) in [6.45, 7) is 1.72. The number of nitro benzene ring substituents is 1. The molecule has 0 atom stereocenters. The number of hydrazone groups is 1. The van der Waals surface area contributed by atoms with Crippen molar-refractivity contribution in [2.45, 2.75) is 6.92 Å². The highest BCUT2D eigenvalue weighted by molar-refractivity contribution is 9.10. The maximum absolute atomic E-state index is 12.9. The second kappa shape index (κ2) is 8.30. The highest BCUT2D eigenvalue weighted by Gasteiger charge is 2.29. The van der Waals surface area contributed by atoms with Crippen molar-refractivity contribution in [1.29, 1.82) is 0 Å². The zero-order valence-electron chi connectivity index (χ0n) is 15.8. The predicted molar refractivity (Wildman–Crippen MR) is 124 cm³/mol. The molecular weight excluding hydrogens is 509 g/mol. The first-order chi connectivity index (χ1) is 14.7. The molecule has 4 rings (SSSR count). The number of anilines is 1. The van der Waals surface area contributed by atoms with Gasteiger partial charge in [-0.2, -0.15) is 10.1 Å². The van der Waals surface area contributed by atoms with Gasteiger partial charge in [0, 0.05) is 22.2 Å². The van der Waals surface area contributed by atoms with Crippen molar-refractivity contribution in [3.8, 4) is 11.3 Å². The molecule has 0 spiro atoms. The summed E-state index contributed by atoms with van der Waals surface area (Å²) in [6, 6.07) is 12.6. The Labute approximate surface area is 194 Å². The van der Waals surface area contributed by atoms with Crippen LogP contribution in [0.25, 0.3) is 17.4 Å². The molecule has 0 bridgehead atoms. The number of benzene rings is 2. The van der Waals surface area contributed by atoms with Gasteiger partial charge >= 0.3 is 0 Å². The fourth-order valence-corrected chi connectivity index (χ4v) is 3.87. The highest BCUT2D eigenvalue weighted by atomic mass is 79.9. The van der Waals surface area contributed by atoms with E-state index in [9.17, 15) is 14.9 Å². The Hall–Kier alpha value is -2.94. The average molecular weight is 521 g/mol. The lowest BCUT2D eigenvalue weighted by atomic mass is 10.1. The number of halogens is 3. The van der Waals surface area contributed by atoms with Gasteiger partial charge in [-0.3, -0.25) is 14.9 Å². The number of rotatable bonds is 4. The topological polar surface area (TPSA) is 89.0 Å². The quantitative estimate of drug-likeness (QED) is 0.216. The fraction of sp³-hybridized carbons (Fsp3) is 0.0476. The fourth-order valence-electron chi connectivity index (χ4n) is 3.01. The number of carbonyl (C=O) groups excluding carboxylic acids is 1. The van der Waals surface area contributed by atoms with Crippen LogP contribution in [0.15, 0.2) is 68.1 Å². The van der Waals surface area contributed by atoms with Crippen molar-refractivity contribution < 1.29 is 14.1 Å². The predicted octanol–water partition coefficient (Wildman–Crippen LogP) is 6.73. The first-order valence-corrected chi connectivity index (χ1v) is 10.4. The molecule has 0 radical (unpaired) electrons. The summed E-state index contributed by atoms with van der Waals surface area (Å²) in [5.74, 6) is 0.606. The van der Waals surface area contributed by atoms with Crippen LogP contribution < -0.4 is 5.01 Å². The first-order valence-electron chi connectivity index (χ1n) is 8.85. The molecule has 156 valence electrons. The van der Waals surface area contributed by atoms with Crippen LogP contribution >= 0.6 is 39.1 Å². The molecule has 0 aliphatic carbocycles.